The molecule has 124 valence electrons. The number of rotatable bonds is 4. The second-order valence-corrected chi connectivity index (χ2v) is 7.47. The van der Waals surface area contributed by atoms with Crippen molar-refractivity contribution in [2.75, 3.05) is 6.61 Å². The summed E-state index contributed by atoms with van der Waals surface area (Å²) in [5.41, 5.74) is 2.45. The van der Waals surface area contributed by atoms with Crippen molar-refractivity contribution >= 4 is 21.8 Å². The summed E-state index contributed by atoms with van der Waals surface area (Å²) < 4.78 is 6.81. The fourth-order valence-corrected chi connectivity index (χ4v) is 4.17. The van der Waals surface area contributed by atoms with Crippen LogP contribution < -0.4 is 10.1 Å². The van der Waals surface area contributed by atoms with E-state index in [9.17, 15) is 4.79 Å². The van der Waals surface area contributed by atoms with Gasteiger partial charge >= 0.3 is 0 Å². The average Bonchev–Trinajstić information content (AvgIpc) is 3.34. The molecule has 0 radical (unpaired) electrons. The third-order valence-electron chi connectivity index (χ3n) is 4.96. The Morgan fingerprint density at radius 1 is 1.12 bits per heavy atom. The molecule has 1 heterocycles. The van der Waals surface area contributed by atoms with Crippen LogP contribution in [-0.2, 0) is 4.79 Å². The van der Waals surface area contributed by atoms with Gasteiger partial charge in [-0.05, 0) is 42.0 Å². The molecule has 3 atom stereocenters. The van der Waals surface area contributed by atoms with Crippen LogP contribution in [0.15, 0.2) is 53.0 Å². The number of halogens is 1. The Bertz CT molecular complexity index is 761. The molecule has 4 heteroatoms. The highest BCUT2D eigenvalue weighted by Gasteiger charge is 2.40. The molecule has 1 saturated carbocycles. The monoisotopic (exact) mass is 385 g/mol. The smallest absolute Gasteiger partial charge is 0.220 e. The molecule has 24 heavy (non-hydrogen) atoms. The number of para-hydroxylation sites is 1. The fourth-order valence-electron chi connectivity index (χ4n) is 3.59. The van der Waals surface area contributed by atoms with Crippen molar-refractivity contribution in [1.82, 2.24) is 5.32 Å². The Hall–Kier alpha value is -1.81. The molecular formula is C20H20BrNO2. The highest BCUT2D eigenvalue weighted by molar-refractivity contribution is 9.10. The zero-order valence-corrected chi connectivity index (χ0v) is 15.0. The summed E-state index contributed by atoms with van der Waals surface area (Å²) in [5, 5.41) is 3.21. The molecule has 0 spiro atoms. The van der Waals surface area contributed by atoms with Gasteiger partial charge in [-0.15, -0.1) is 0 Å². The van der Waals surface area contributed by atoms with Gasteiger partial charge in [-0.3, -0.25) is 4.79 Å². The third kappa shape index (κ3) is 3.20. The first-order chi connectivity index (χ1) is 11.7. The topological polar surface area (TPSA) is 38.3 Å². The Morgan fingerprint density at radius 2 is 1.88 bits per heavy atom. The number of ether oxygens (including phenoxy) is 1. The largest absolute Gasteiger partial charge is 0.493 e. The van der Waals surface area contributed by atoms with E-state index in [1.165, 1.54) is 5.56 Å². The Labute approximate surface area is 150 Å². The number of carbonyl (C=O) groups is 1. The van der Waals surface area contributed by atoms with Gasteiger partial charge in [-0.2, -0.15) is 0 Å². The maximum Gasteiger partial charge on any atom is 0.220 e. The maximum absolute atomic E-state index is 12.5. The van der Waals surface area contributed by atoms with Crippen LogP contribution in [0.5, 0.6) is 5.75 Å². The van der Waals surface area contributed by atoms with Crippen LogP contribution in [-0.4, -0.2) is 18.6 Å². The van der Waals surface area contributed by atoms with Gasteiger partial charge in [0.2, 0.25) is 5.91 Å². The molecule has 0 aromatic heterocycles. The predicted octanol–water partition coefficient (Wildman–Crippen LogP) is 4.38. The summed E-state index contributed by atoms with van der Waals surface area (Å²) in [5.74, 6) is 1.78. The summed E-state index contributed by atoms with van der Waals surface area (Å²) in [6.07, 6.45) is 2.47. The number of carbonyl (C=O) groups excluding carboxylic acids is 1. The average molecular weight is 386 g/mol. The van der Waals surface area contributed by atoms with Gasteiger partial charge in [-0.25, -0.2) is 0 Å². The molecular weight excluding hydrogens is 366 g/mol. The van der Waals surface area contributed by atoms with Crippen molar-refractivity contribution in [3.63, 3.8) is 0 Å². The van der Waals surface area contributed by atoms with Crippen LogP contribution in [0.2, 0.25) is 0 Å². The number of nitrogens with one attached hydrogen (secondary N) is 1. The minimum atomic E-state index is 0.149. The van der Waals surface area contributed by atoms with Gasteiger partial charge in [0.15, 0.2) is 0 Å². The molecule has 0 saturated heterocycles. The van der Waals surface area contributed by atoms with E-state index in [0.717, 1.165) is 28.6 Å². The summed E-state index contributed by atoms with van der Waals surface area (Å²) in [4.78, 5) is 12.5. The molecule has 1 aliphatic heterocycles. The number of fused-ring (bicyclic) bond motifs is 1. The normalized spacial score (nSPS) is 24.6. The van der Waals surface area contributed by atoms with Gasteiger partial charge in [0.05, 0.1) is 6.61 Å². The number of hydrogen-bond donors (Lipinski definition) is 1. The fraction of sp³-hybridized carbons (Fsp3) is 0.350. The van der Waals surface area contributed by atoms with Crippen LogP contribution in [0.3, 0.4) is 0 Å². The molecule has 4 rings (SSSR count). The number of hydrogen-bond acceptors (Lipinski definition) is 2. The Morgan fingerprint density at radius 3 is 2.71 bits per heavy atom. The molecule has 1 amide bonds. The zero-order valence-electron chi connectivity index (χ0n) is 13.4. The van der Waals surface area contributed by atoms with Crippen LogP contribution in [0.1, 0.15) is 42.2 Å². The van der Waals surface area contributed by atoms with Crippen molar-refractivity contribution in [2.24, 2.45) is 0 Å². The first-order valence-corrected chi connectivity index (χ1v) is 9.27. The Balaban J connectivity index is 1.37. The predicted molar refractivity (Wildman–Crippen MR) is 97.3 cm³/mol. The number of amides is 1. The van der Waals surface area contributed by atoms with Gasteiger partial charge in [0.1, 0.15) is 5.75 Å². The molecule has 2 aliphatic rings. The van der Waals surface area contributed by atoms with E-state index in [2.05, 4.69) is 45.5 Å². The zero-order chi connectivity index (χ0) is 16.5. The quantitative estimate of drug-likeness (QED) is 0.847. The lowest BCUT2D eigenvalue weighted by Gasteiger charge is -2.25. The molecule has 3 nitrogen and oxygen atoms in total. The second-order valence-electron chi connectivity index (χ2n) is 6.61. The summed E-state index contributed by atoms with van der Waals surface area (Å²) >= 11 is 3.60. The lowest BCUT2D eigenvalue weighted by Crippen LogP contribution is -2.29. The van der Waals surface area contributed by atoms with Crippen LogP contribution in [0, 0.1) is 0 Å². The first-order valence-electron chi connectivity index (χ1n) is 8.48. The van der Waals surface area contributed by atoms with Crippen molar-refractivity contribution in [3.05, 3.63) is 64.1 Å². The molecule has 1 N–H and O–H groups in total. The van der Waals surface area contributed by atoms with Crippen molar-refractivity contribution in [1.29, 1.82) is 0 Å². The van der Waals surface area contributed by atoms with E-state index in [1.54, 1.807) is 0 Å². The lowest BCUT2D eigenvalue weighted by atomic mass is 9.90. The van der Waals surface area contributed by atoms with Crippen molar-refractivity contribution in [2.45, 2.75) is 37.1 Å². The van der Waals surface area contributed by atoms with E-state index in [4.69, 9.17) is 4.74 Å². The Kier molecular flexibility index (Phi) is 4.31. The van der Waals surface area contributed by atoms with E-state index in [0.29, 0.717) is 18.9 Å². The molecule has 0 bridgehead atoms. The highest BCUT2D eigenvalue weighted by Crippen LogP contribution is 2.44. The molecule has 2 aromatic carbocycles. The third-order valence-corrected chi connectivity index (χ3v) is 5.68. The van der Waals surface area contributed by atoms with E-state index in [-0.39, 0.29) is 17.9 Å². The van der Waals surface area contributed by atoms with E-state index in [1.807, 2.05) is 24.3 Å². The standard InChI is InChI=1S/C20H20BrNO2/c21-17-7-3-1-6-15(17)16-12-18(16)22-20(23)11-13-9-10-24-19-8-4-2-5-14(13)19/h1-8,13,16,18H,9-12H2,(H,22,23)/t13-,16-,18+/m0/s1. The minimum Gasteiger partial charge on any atom is -0.493 e. The maximum atomic E-state index is 12.5. The molecule has 2 aromatic rings. The van der Waals surface area contributed by atoms with Crippen molar-refractivity contribution < 1.29 is 9.53 Å². The van der Waals surface area contributed by atoms with E-state index >= 15 is 0 Å². The number of benzene rings is 2. The van der Waals surface area contributed by atoms with Gasteiger partial charge < -0.3 is 10.1 Å². The summed E-state index contributed by atoms with van der Waals surface area (Å²) in [7, 11) is 0. The molecule has 1 aliphatic carbocycles. The minimum absolute atomic E-state index is 0.149. The van der Waals surface area contributed by atoms with Crippen LogP contribution in [0.4, 0.5) is 0 Å². The first kappa shape index (κ1) is 15.7. The van der Waals surface area contributed by atoms with Gasteiger partial charge in [0.25, 0.3) is 0 Å². The molecule has 1 fully saturated rings. The second kappa shape index (κ2) is 6.60. The SMILES string of the molecule is O=C(C[C@@H]1CCOc2ccccc21)N[C@@H]1C[C@H]1c1ccccc1Br. The summed E-state index contributed by atoms with van der Waals surface area (Å²) in [6, 6.07) is 16.6. The lowest BCUT2D eigenvalue weighted by molar-refractivity contribution is -0.121. The van der Waals surface area contributed by atoms with E-state index < -0.39 is 0 Å². The van der Waals surface area contributed by atoms with Gasteiger partial charge in [-0.1, -0.05) is 52.3 Å². The van der Waals surface area contributed by atoms with Crippen LogP contribution in [0.25, 0.3) is 0 Å². The molecule has 0 unspecified atom stereocenters. The van der Waals surface area contributed by atoms with Crippen LogP contribution >= 0.6 is 15.9 Å². The highest BCUT2D eigenvalue weighted by atomic mass is 79.9. The summed E-state index contributed by atoms with van der Waals surface area (Å²) in [6.45, 7) is 0.692. The van der Waals surface area contributed by atoms with Gasteiger partial charge in [0, 0.05) is 22.9 Å². The van der Waals surface area contributed by atoms with Crippen molar-refractivity contribution in [3.8, 4) is 5.75 Å².